The van der Waals surface area contributed by atoms with Gasteiger partial charge in [0.15, 0.2) is 0 Å². The molecule has 0 saturated heterocycles. The number of hydrogen-bond donors (Lipinski definition) is 1. The summed E-state index contributed by atoms with van der Waals surface area (Å²) in [7, 11) is 0. The van der Waals surface area contributed by atoms with Crippen LogP contribution >= 0.6 is 0 Å². The van der Waals surface area contributed by atoms with Crippen molar-refractivity contribution >= 4 is 5.91 Å². The number of amides is 1. The Labute approximate surface area is 107 Å². The van der Waals surface area contributed by atoms with Crippen molar-refractivity contribution in [1.29, 1.82) is 0 Å². The van der Waals surface area contributed by atoms with Crippen LogP contribution in [0.3, 0.4) is 0 Å². The summed E-state index contributed by atoms with van der Waals surface area (Å²) >= 11 is 0. The Kier molecular flexibility index (Phi) is 2.40. The Morgan fingerprint density at radius 3 is 2.83 bits per heavy atom. The van der Waals surface area contributed by atoms with E-state index in [2.05, 4.69) is 24.0 Å². The van der Waals surface area contributed by atoms with E-state index in [1.54, 1.807) is 0 Å². The van der Waals surface area contributed by atoms with Gasteiger partial charge in [-0.2, -0.15) is 0 Å². The minimum absolute atomic E-state index is 0.0452. The van der Waals surface area contributed by atoms with E-state index in [0.29, 0.717) is 5.92 Å². The van der Waals surface area contributed by atoms with Gasteiger partial charge in [-0.25, -0.2) is 0 Å². The van der Waals surface area contributed by atoms with Gasteiger partial charge in [-0.05, 0) is 37.3 Å². The molecule has 1 N–H and O–H groups in total. The van der Waals surface area contributed by atoms with Gasteiger partial charge in [-0.1, -0.05) is 42.5 Å². The number of carbonyl (C=O) groups is 1. The lowest BCUT2D eigenvalue weighted by molar-refractivity contribution is 0.0936. The first-order valence-corrected chi connectivity index (χ1v) is 6.40. The van der Waals surface area contributed by atoms with Crippen molar-refractivity contribution in [3.05, 3.63) is 59.7 Å². The van der Waals surface area contributed by atoms with Crippen LogP contribution in [0, 0.1) is 5.92 Å². The zero-order valence-corrected chi connectivity index (χ0v) is 10.6. The van der Waals surface area contributed by atoms with Gasteiger partial charge in [0.05, 0.1) is 5.54 Å². The predicted octanol–water partition coefficient (Wildman–Crippen LogP) is 3.17. The average molecular weight is 239 g/mol. The molecule has 0 aromatic heterocycles. The second-order valence-electron chi connectivity index (χ2n) is 5.32. The van der Waals surface area contributed by atoms with E-state index in [4.69, 9.17) is 0 Å². The molecule has 0 unspecified atom stereocenters. The van der Waals surface area contributed by atoms with Crippen LogP contribution < -0.4 is 5.32 Å². The number of benzene rings is 1. The van der Waals surface area contributed by atoms with Gasteiger partial charge in [0.2, 0.25) is 0 Å². The molecular formula is C16H17NO. The van der Waals surface area contributed by atoms with Crippen LogP contribution in [0.4, 0.5) is 0 Å². The highest BCUT2D eigenvalue weighted by Crippen LogP contribution is 2.50. The smallest absolute Gasteiger partial charge is 0.252 e. The van der Waals surface area contributed by atoms with Crippen molar-refractivity contribution < 1.29 is 4.79 Å². The summed E-state index contributed by atoms with van der Waals surface area (Å²) in [4.78, 5) is 12.1. The Hall–Kier alpha value is -1.83. The first-order valence-electron chi connectivity index (χ1n) is 6.40. The van der Waals surface area contributed by atoms with Crippen molar-refractivity contribution in [1.82, 2.24) is 5.32 Å². The van der Waals surface area contributed by atoms with Gasteiger partial charge in [0.25, 0.3) is 5.91 Å². The normalized spacial score (nSPS) is 26.2. The molecule has 2 heteroatoms. The van der Waals surface area contributed by atoms with Gasteiger partial charge < -0.3 is 5.32 Å². The molecule has 0 radical (unpaired) electrons. The summed E-state index contributed by atoms with van der Waals surface area (Å²) in [6.07, 6.45) is 6.49. The fraction of sp³-hybridized carbons (Fsp3) is 0.312. The molecule has 1 heterocycles. The number of allylic oxidation sites excluding steroid dienone is 2. The molecule has 1 fully saturated rings. The second-order valence-corrected chi connectivity index (χ2v) is 5.32. The van der Waals surface area contributed by atoms with Gasteiger partial charge >= 0.3 is 0 Å². The summed E-state index contributed by atoms with van der Waals surface area (Å²) in [5.74, 6) is 0.574. The van der Waals surface area contributed by atoms with Gasteiger partial charge in [-0.3, -0.25) is 4.79 Å². The Bertz CT molecular complexity index is 554. The number of nitrogens with one attached hydrogen (secondary N) is 1. The van der Waals surface area contributed by atoms with E-state index in [1.165, 1.54) is 12.8 Å². The number of hydrogen-bond acceptors (Lipinski definition) is 1. The van der Waals surface area contributed by atoms with Crippen LogP contribution in [0.15, 0.2) is 48.6 Å². The molecule has 3 rings (SSSR count). The highest BCUT2D eigenvalue weighted by Gasteiger charge is 2.50. The van der Waals surface area contributed by atoms with E-state index < -0.39 is 0 Å². The van der Waals surface area contributed by atoms with Crippen molar-refractivity contribution in [3.8, 4) is 0 Å². The van der Waals surface area contributed by atoms with E-state index >= 15 is 0 Å². The molecule has 1 aromatic rings. The van der Waals surface area contributed by atoms with E-state index in [1.807, 2.05) is 31.2 Å². The van der Waals surface area contributed by atoms with Crippen molar-refractivity contribution in [2.45, 2.75) is 25.3 Å². The van der Waals surface area contributed by atoms with Crippen LogP contribution in [0.5, 0.6) is 0 Å². The third kappa shape index (κ3) is 1.60. The van der Waals surface area contributed by atoms with Crippen LogP contribution in [0.1, 0.15) is 35.7 Å². The lowest BCUT2D eigenvalue weighted by Crippen LogP contribution is -2.39. The van der Waals surface area contributed by atoms with Gasteiger partial charge in [0.1, 0.15) is 0 Å². The third-order valence-electron chi connectivity index (χ3n) is 3.79. The maximum atomic E-state index is 12.1. The Morgan fingerprint density at radius 2 is 2.17 bits per heavy atom. The first kappa shape index (κ1) is 11.3. The molecule has 1 saturated carbocycles. The summed E-state index contributed by atoms with van der Waals surface area (Å²) in [6.45, 7) is 5.87. The van der Waals surface area contributed by atoms with Crippen LogP contribution in [0.25, 0.3) is 0 Å². The van der Waals surface area contributed by atoms with Crippen molar-refractivity contribution in [3.63, 3.8) is 0 Å². The lowest BCUT2D eigenvalue weighted by atomic mass is 9.85. The quantitative estimate of drug-likeness (QED) is 0.806. The molecule has 92 valence electrons. The van der Waals surface area contributed by atoms with Crippen LogP contribution in [0.2, 0.25) is 0 Å². The molecule has 0 bridgehead atoms. The first-order chi connectivity index (χ1) is 8.63. The molecule has 1 amide bonds. The summed E-state index contributed by atoms with van der Waals surface area (Å²) in [5, 5.41) is 3.18. The van der Waals surface area contributed by atoms with E-state index in [0.717, 1.165) is 16.7 Å². The maximum Gasteiger partial charge on any atom is 0.252 e. The third-order valence-corrected chi connectivity index (χ3v) is 3.79. The topological polar surface area (TPSA) is 29.1 Å². The molecule has 1 aliphatic heterocycles. The van der Waals surface area contributed by atoms with E-state index in [9.17, 15) is 4.79 Å². The summed E-state index contributed by atoms with van der Waals surface area (Å²) in [5.41, 5.74) is 2.64. The largest absolute Gasteiger partial charge is 0.339 e. The molecule has 0 spiro atoms. The van der Waals surface area contributed by atoms with Gasteiger partial charge in [-0.15, -0.1) is 0 Å². The lowest BCUT2D eigenvalue weighted by Gasteiger charge is -2.27. The summed E-state index contributed by atoms with van der Waals surface area (Å²) < 4.78 is 0. The summed E-state index contributed by atoms with van der Waals surface area (Å²) in [6, 6.07) is 7.90. The fourth-order valence-corrected chi connectivity index (χ4v) is 2.77. The SMILES string of the molecule is C=C(C)/C=C/[C@]1(C2CC2)NC(=O)c2ccccc21. The van der Waals surface area contributed by atoms with E-state index in [-0.39, 0.29) is 11.4 Å². The van der Waals surface area contributed by atoms with Crippen LogP contribution in [-0.4, -0.2) is 5.91 Å². The zero-order chi connectivity index (χ0) is 12.8. The van der Waals surface area contributed by atoms with Gasteiger partial charge in [0, 0.05) is 5.56 Å². The number of rotatable bonds is 3. The second kappa shape index (κ2) is 3.84. The highest BCUT2D eigenvalue weighted by atomic mass is 16.2. The molecule has 2 aliphatic rings. The molecule has 18 heavy (non-hydrogen) atoms. The van der Waals surface area contributed by atoms with Crippen molar-refractivity contribution in [2.24, 2.45) is 5.92 Å². The average Bonchev–Trinajstić information content (AvgIpc) is 3.15. The standard InChI is InChI=1S/C16H17NO/c1-11(2)9-10-16(12-7-8-12)14-6-4-3-5-13(14)15(18)17-16/h3-6,9-10,12H,1,7-8H2,2H3,(H,17,18)/b10-9+/t16-/m1/s1. The van der Waals surface area contributed by atoms with Crippen molar-refractivity contribution in [2.75, 3.05) is 0 Å². The molecule has 2 nitrogen and oxygen atoms in total. The fourth-order valence-electron chi connectivity index (χ4n) is 2.77. The molecule has 1 aliphatic carbocycles. The highest BCUT2D eigenvalue weighted by molar-refractivity contribution is 6.00. The number of carbonyl (C=O) groups excluding carboxylic acids is 1. The van der Waals surface area contributed by atoms with Crippen LogP contribution in [-0.2, 0) is 5.54 Å². The zero-order valence-electron chi connectivity index (χ0n) is 10.6. The Balaban J connectivity index is 2.12. The monoisotopic (exact) mass is 239 g/mol. The Morgan fingerprint density at radius 1 is 1.44 bits per heavy atom. The molecule has 1 atom stereocenters. The number of fused-ring (bicyclic) bond motifs is 1. The molecular weight excluding hydrogens is 222 g/mol. The maximum absolute atomic E-state index is 12.1. The minimum Gasteiger partial charge on any atom is -0.339 e. The molecule has 1 aromatic carbocycles. The minimum atomic E-state index is -0.299. The predicted molar refractivity (Wildman–Crippen MR) is 72.3 cm³/mol.